The second-order valence-corrected chi connectivity index (χ2v) is 22.4. The van der Waals surface area contributed by atoms with Crippen LogP contribution in [0.15, 0.2) is 71.2 Å². The van der Waals surface area contributed by atoms with Crippen LogP contribution in [0.4, 0.5) is 4.79 Å². The molecule has 246 valence electrons. The first kappa shape index (κ1) is 35.6. The summed E-state index contributed by atoms with van der Waals surface area (Å²) in [4.78, 5) is 24.2. The first-order valence-electron chi connectivity index (χ1n) is 15.6. The Labute approximate surface area is 277 Å². The highest BCUT2D eigenvalue weighted by molar-refractivity contribution is 8.00. The van der Waals surface area contributed by atoms with Crippen molar-refractivity contribution in [2.24, 2.45) is 5.11 Å². The number of aromatic nitrogens is 2. The molecule has 1 aliphatic carbocycles. The lowest BCUT2D eigenvalue weighted by atomic mass is 9.98. The molecule has 1 amide bonds. The summed E-state index contributed by atoms with van der Waals surface area (Å²) >= 11 is 1.63. The zero-order valence-corrected chi connectivity index (χ0v) is 29.9. The SMILES string of the molecule is C[Si](C)(CCCNC(=O)OCC1c2ccccc2-c2ccccc21)O[Si](C)(C)CSc1ncc(COCCOCCN=[N+]=[N-])cn1. The molecule has 0 fully saturated rings. The lowest BCUT2D eigenvalue weighted by Crippen LogP contribution is -2.46. The van der Waals surface area contributed by atoms with Gasteiger partial charge in [0.1, 0.15) is 6.61 Å². The second kappa shape index (κ2) is 17.6. The van der Waals surface area contributed by atoms with Gasteiger partial charge in [0.2, 0.25) is 0 Å². The summed E-state index contributed by atoms with van der Waals surface area (Å²) in [6.45, 7) is 11.8. The van der Waals surface area contributed by atoms with Crippen molar-refractivity contribution >= 4 is 34.5 Å². The number of thioether (sulfide) groups is 1. The predicted octanol–water partition coefficient (Wildman–Crippen LogP) is 7.31. The Morgan fingerprint density at radius 1 is 0.957 bits per heavy atom. The lowest BCUT2D eigenvalue weighted by molar-refractivity contribution is 0.0431. The van der Waals surface area contributed by atoms with Gasteiger partial charge in [-0.25, -0.2) is 14.8 Å². The second-order valence-electron chi connectivity index (χ2n) is 12.3. The predicted molar refractivity (Wildman–Crippen MR) is 186 cm³/mol. The number of amides is 1. The molecule has 2 aromatic carbocycles. The number of benzene rings is 2. The maximum absolute atomic E-state index is 12.6. The number of carbonyl (C=O) groups excluding carboxylic acids is 1. The zero-order chi connectivity index (χ0) is 32.8. The number of hydrogen-bond acceptors (Lipinski definition) is 9. The first-order valence-corrected chi connectivity index (χ1v) is 22.8. The van der Waals surface area contributed by atoms with E-state index in [0.29, 0.717) is 46.1 Å². The number of rotatable bonds is 19. The molecule has 0 bridgehead atoms. The number of nitrogens with zero attached hydrogens (tertiary/aromatic N) is 5. The summed E-state index contributed by atoms with van der Waals surface area (Å²) in [5, 5.41) is 7.92. The Hall–Kier alpha value is -3.24. The van der Waals surface area contributed by atoms with E-state index in [-0.39, 0.29) is 12.0 Å². The van der Waals surface area contributed by atoms with Gasteiger partial charge in [-0.15, -0.1) is 0 Å². The van der Waals surface area contributed by atoms with Gasteiger partial charge < -0.3 is 23.6 Å². The third-order valence-corrected chi connectivity index (χ3v) is 17.2. The van der Waals surface area contributed by atoms with Crippen molar-refractivity contribution in [2.75, 3.05) is 44.9 Å². The molecule has 46 heavy (non-hydrogen) atoms. The van der Waals surface area contributed by atoms with E-state index in [0.717, 1.165) is 28.6 Å². The van der Waals surface area contributed by atoms with Crippen molar-refractivity contribution in [1.29, 1.82) is 0 Å². The summed E-state index contributed by atoms with van der Waals surface area (Å²) in [5.41, 5.74) is 14.0. The molecule has 1 aromatic heterocycles. The van der Waals surface area contributed by atoms with Gasteiger partial charge >= 0.3 is 6.09 Å². The Morgan fingerprint density at radius 2 is 1.61 bits per heavy atom. The van der Waals surface area contributed by atoms with E-state index in [4.69, 9.17) is 23.9 Å². The van der Waals surface area contributed by atoms with Gasteiger partial charge in [0.05, 0.1) is 26.4 Å². The third kappa shape index (κ3) is 11.2. The van der Waals surface area contributed by atoms with Crippen LogP contribution in [-0.4, -0.2) is 77.6 Å². The van der Waals surface area contributed by atoms with E-state index in [1.807, 2.05) is 24.3 Å². The monoisotopic (exact) mass is 680 g/mol. The zero-order valence-electron chi connectivity index (χ0n) is 27.1. The summed E-state index contributed by atoms with van der Waals surface area (Å²) in [6.07, 6.45) is 4.04. The molecule has 0 saturated heterocycles. The highest BCUT2D eigenvalue weighted by Gasteiger charge is 2.33. The minimum absolute atomic E-state index is 0.0552. The Kier molecular flexibility index (Phi) is 13.6. The van der Waals surface area contributed by atoms with Crippen LogP contribution in [0, 0.1) is 0 Å². The Bertz CT molecular complexity index is 1430. The maximum atomic E-state index is 12.6. The lowest BCUT2D eigenvalue weighted by Gasteiger charge is -2.33. The topological polar surface area (TPSA) is 141 Å². The standard InChI is InChI=1S/C32H44N6O5SSi2/c1-45(2,43-46(3,4)24-44-31-35-20-25(21-36-31)22-41-18-17-40-16-15-37-38-33)19-9-14-34-32(39)42-23-30-28-12-7-5-10-26(28)27-11-6-8-13-29(27)30/h5-8,10-13,20-21,30H,9,14-19,22-24H2,1-4H3,(H,34,39). The average molecular weight is 681 g/mol. The van der Waals surface area contributed by atoms with Gasteiger partial charge in [-0.3, -0.25) is 0 Å². The normalized spacial score (nSPS) is 12.7. The van der Waals surface area contributed by atoms with Gasteiger partial charge in [-0.1, -0.05) is 65.4 Å². The summed E-state index contributed by atoms with van der Waals surface area (Å²) in [6, 6.07) is 17.6. The molecule has 0 saturated carbocycles. The molecule has 0 aliphatic heterocycles. The van der Waals surface area contributed by atoms with Crippen molar-refractivity contribution in [1.82, 2.24) is 15.3 Å². The number of azide groups is 1. The van der Waals surface area contributed by atoms with Gasteiger partial charge in [-0.2, -0.15) is 0 Å². The average Bonchev–Trinajstić information content (AvgIpc) is 3.36. The molecular weight excluding hydrogens is 637 g/mol. The number of ether oxygens (including phenoxy) is 3. The summed E-state index contributed by atoms with van der Waals surface area (Å²) in [5.74, 6) is 0.0552. The number of carbonyl (C=O) groups is 1. The van der Waals surface area contributed by atoms with Crippen LogP contribution in [0.25, 0.3) is 21.6 Å². The molecule has 1 heterocycles. The van der Waals surface area contributed by atoms with Crippen molar-refractivity contribution < 1.29 is 23.1 Å². The highest BCUT2D eigenvalue weighted by Crippen LogP contribution is 2.44. The molecule has 0 unspecified atom stereocenters. The highest BCUT2D eigenvalue weighted by atomic mass is 32.2. The van der Waals surface area contributed by atoms with Gasteiger partial charge in [0.15, 0.2) is 21.8 Å². The molecule has 1 aliphatic rings. The number of hydrogen-bond donors (Lipinski definition) is 1. The molecule has 0 atom stereocenters. The van der Waals surface area contributed by atoms with Crippen LogP contribution in [0.1, 0.15) is 29.0 Å². The maximum Gasteiger partial charge on any atom is 0.407 e. The van der Waals surface area contributed by atoms with E-state index >= 15 is 0 Å². The van der Waals surface area contributed by atoms with Crippen molar-refractivity contribution in [2.45, 2.75) is 56.3 Å². The molecule has 0 spiro atoms. The summed E-state index contributed by atoms with van der Waals surface area (Å²) < 4.78 is 23.4. The first-order chi connectivity index (χ1) is 22.2. The van der Waals surface area contributed by atoms with Crippen LogP contribution in [0.5, 0.6) is 0 Å². The van der Waals surface area contributed by atoms with E-state index in [9.17, 15) is 4.79 Å². The number of alkyl carbamates (subject to hydrolysis) is 1. The van der Waals surface area contributed by atoms with Crippen molar-refractivity contribution in [3.8, 4) is 11.1 Å². The van der Waals surface area contributed by atoms with Crippen molar-refractivity contribution in [3.63, 3.8) is 0 Å². The number of nitrogens with one attached hydrogen (secondary N) is 1. The minimum atomic E-state index is -1.98. The van der Waals surface area contributed by atoms with E-state index in [2.05, 4.69) is 75.8 Å². The van der Waals surface area contributed by atoms with Crippen LogP contribution in [-0.2, 0) is 24.9 Å². The molecule has 4 rings (SSSR count). The smallest absolute Gasteiger partial charge is 0.407 e. The molecule has 11 nitrogen and oxygen atoms in total. The van der Waals surface area contributed by atoms with Gasteiger partial charge in [0.25, 0.3) is 0 Å². The quantitative estimate of drug-likeness (QED) is 0.0264. The fraction of sp³-hybridized carbons (Fsp3) is 0.469. The molecule has 1 N–H and O–H groups in total. The van der Waals surface area contributed by atoms with Crippen LogP contribution in [0.2, 0.25) is 32.2 Å². The molecule has 0 radical (unpaired) electrons. The van der Waals surface area contributed by atoms with Crippen LogP contribution < -0.4 is 5.32 Å². The van der Waals surface area contributed by atoms with E-state index in [1.165, 1.54) is 22.3 Å². The van der Waals surface area contributed by atoms with Crippen LogP contribution >= 0.6 is 11.8 Å². The fourth-order valence-electron chi connectivity index (χ4n) is 5.47. The molecule has 14 heteroatoms. The Morgan fingerprint density at radius 3 is 2.28 bits per heavy atom. The fourth-order valence-corrected chi connectivity index (χ4v) is 15.8. The molecular formula is C32H44N6O5SSi2. The number of fused-ring (bicyclic) bond motifs is 3. The largest absolute Gasteiger partial charge is 0.455 e. The summed E-state index contributed by atoms with van der Waals surface area (Å²) in [7, 11) is -3.92. The molecule has 3 aromatic rings. The van der Waals surface area contributed by atoms with E-state index in [1.54, 1.807) is 24.2 Å². The van der Waals surface area contributed by atoms with Gasteiger partial charge in [-0.05, 0) is 66.4 Å². The minimum Gasteiger partial charge on any atom is -0.455 e. The van der Waals surface area contributed by atoms with Crippen molar-refractivity contribution in [3.05, 3.63) is 88.1 Å². The van der Waals surface area contributed by atoms with Gasteiger partial charge in [0, 0.05) is 47.3 Å². The van der Waals surface area contributed by atoms with E-state index < -0.39 is 16.6 Å². The third-order valence-electron chi connectivity index (χ3n) is 7.39. The van der Waals surface area contributed by atoms with Crippen LogP contribution in [0.3, 0.4) is 0 Å². The Balaban J connectivity index is 1.10.